The van der Waals surface area contributed by atoms with Crippen LogP contribution in [0, 0.1) is 5.82 Å². The van der Waals surface area contributed by atoms with Gasteiger partial charge in [-0.1, -0.05) is 17.7 Å². The third-order valence-corrected chi connectivity index (χ3v) is 2.59. The molecule has 1 aromatic carbocycles. The lowest BCUT2D eigenvalue weighted by atomic mass is 10.1. The maximum absolute atomic E-state index is 12.8. The molecule has 86 valence electrons. The molecular weight excluding hydrogens is 258 g/mol. The van der Waals surface area contributed by atoms with Gasteiger partial charge in [0, 0.05) is 0 Å². The van der Waals surface area contributed by atoms with Crippen LogP contribution in [0.5, 0.6) is 0 Å². The molecule has 0 amide bonds. The largest absolute Gasteiger partial charge is 0.463 e. The van der Waals surface area contributed by atoms with Gasteiger partial charge in [0.05, 0.1) is 12.1 Å². The minimum absolute atomic E-state index is 0.166. The predicted octanol–water partition coefficient (Wildman–Crippen LogP) is 2.50. The summed E-state index contributed by atoms with van der Waals surface area (Å²) in [6.45, 7) is 0. The van der Waals surface area contributed by atoms with Crippen molar-refractivity contribution in [1.29, 1.82) is 0 Å². The SMILES string of the molecule is COC(=O)C(=O)C(Cl)c1ccc(F)c(Cl)c1. The summed E-state index contributed by atoms with van der Waals surface area (Å²) in [4.78, 5) is 22.2. The van der Waals surface area contributed by atoms with Crippen LogP contribution in [0.25, 0.3) is 0 Å². The van der Waals surface area contributed by atoms with Crippen molar-refractivity contribution in [2.45, 2.75) is 5.38 Å². The van der Waals surface area contributed by atoms with Gasteiger partial charge in [-0.25, -0.2) is 9.18 Å². The summed E-state index contributed by atoms with van der Waals surface area (Å²) in [5.41, 5.74) is 0.239. The first-order valence-electron chi connectivity index (χ1n) is 4.18. The van der Waals surface area contributed by atoms with Gasteiger partial charge in [-0.05, 0) is 17.7 Å². The fourth-order valence-electron chi connectivity index (χ4n) is 1.03. The highest BCUT2D eigenvalue weighted by Crippen LogP contribution is 2.26. The summed E-state index contributed by atoms with van der Waals surface area (Å²) in [5.74, 6) is -2.60. The third kappa shape index (κ3) is 2.71. The van der Waals surface area contributed by atoms with Crippen molar-refractivity contribution in [3.05, 3.63) is 34.6 Å². The Hall–Kier alpha value is -1.13. The van der Waals surface area contributed by atoms with E-state index in [-0.39, 0.29) is 10.6 Å². The fraction of sp³-hybridized carbons (Fsp3) is 0.200. The molecule has 0 aliphatic rings. The lowest BCUT2D eigenvalue weighted by Gasteiger charge is -2.07. The number of hydrogen-bond donors (Lipinski definition) is 0. The Kier molecular flexibility index (Phi) is 4.26. The molecule has 0 N–H and O–H groups in total. The van der Waals surface area contributed by atoms with Crippen LogP contribution >= 0.6 is 23.2 Å². The Morgan fingerprint density at radius 1 is 1.44 bits per heavy atom. The maximum Gasteiger partial charge on any atom is 0.376 e. The van der Waals surface area contributed by atoms with E-state index in [1.54, 1.807) is 0 Å². The van der Waals surface area contributed by atoms with Gasteiger partial charge in [-0.2, -0.15) is 0 Å². The number of halogens is 3. The molecular formula is C10H7Cl2FO3. The number of ether oxygens (including phenoxy) is 1. The zero-order valence-corrected chi connectivity index (χ0v) is 9.68. The van der Waals surface area contributed by atoms with Crippen LogP contribution in [0.1, 0.15) is 10.9 Å². The zero-order chi connectivity index (χ0) is 12.3. The van der Waals surface area contributed by atoms with Gasteiger partial charge in [-0.3, -0.25) is 4.79 Å². The normalized spacial score (nSPS) is 12.0. The molecule has 6 heteroatoms. The highest BCUT2D eigenvalue weighted by Gasteiger charge is 2.26. The Balaban J connectivity index is 2.96. The number of hydrogen-bond acceptors (Lipinski definition) is 3. The lowest BCUT2D eigenvalue weighted by molar-refractivity contribution is -0.151. The van der Waals surface area contributed by atoms with E-state index in [0.29, 0.717) is 0 Å². The minimum Gasteiger partial charge on any atom is -0.463 e. The van der Waals surface area contributed by atoms with E-state index in [1.165, 1.54) is 12.1 Å². The average Bonchev–Trinajstić information content (AvgIpc) is 2.29. The minimum atomic E-state index is -1.23. The summed E-state index contributed by atoms with van der Waals surface area (Å²) in [7, 11) is 1.07. The summed E-state index contributed by atoms with van der Waals surface area (Å²) >= 11 is 11.2. The summed E-state index contributed by atoms with van der Waals surface area (Å²) in [5, 5.41) is -1.40. The summed E-state index contributed by atoms with van der Waals surface area (Å²) in [6, 6.07) is 3.53. The standard InChI is InChI=1S/C10H7Cl2FO3/c1-16-10(15)9(14)8(12)5-2-3-7(13)6(11)4-5/h2-4,8H,1H3. The van der Waals surface area contributed by atoms with Crippen LogP contribution in [0.4, 0.5) is 4.39 Å². The fourth-order valence-corrected chi connectivity index (χ4v) is 1.44. The molecule has 1 rings (SSSR count). The number of methoxy groups -OCH3 is 1. The lowest BCUT2D eigenvalue weighted by Crippen LogP contribution is -2.20. The number of esters is 1. The molecule has 3 nitrogen and oxygen atoms in total. The highest BCUT2D eigenvalue weighted by atomic mass is 35.5. The number of alkyl halides is 1. The number of Topliss-reactive ketones (excluding diaryl/α,β-unsaturated/α-hetero) is 1. The Labute approximate surface area is 101 Å². The molecule has 0 saturated heterocycles. The second-order valence-electron chi connectivity index (χ2n) is 2.89. The van der Waals surface area contributed by atoms with Crippen molar-refractivity contribution in [2.75, 3.05) is 7.11 Å². The van der Waals surface area contributed by atoms with Gasteiger partial charge in [-0.15, -0.1) is 11.6 Å². The van der Waals surface area contributed by atoms with Gasteiger partial charge >= 0.3 is 5.97 Å². The smallest absolute Gasteiger partial charge is 0.376 e. The molecule has 16 heavy (non-hydrogen) atoms. The van der Waals surface area contributed by atoms with E-state index in [2.05, 4.69) is 4.74 Å². The Morgan fingerprint density at radius 3 is 2.56 bits per heavy atom. The number of rotatable bonds is 3. The van der Waals surface area contributed by atoms with E-state index in [4.69, 9.17) is 23.2 Å². The van der Waals surface area contributed by atoms with E-state index in [9.17, 15) is 14.0 Å². The first-order valence-corrected chi connectivity index (χ1v) is 5.00. The van der Waals surface area contributed by atoms with E-state index in [0.717, 1.165) is 13.2 Å². The Bertz CT molecular complexity index is 434. The average molecular weight is 265 g/mol. The van der Waals surface area contributed by atoms with Crippen LogP contribution in [0.3, 0.4) is 0 Å². The van der Waals surface area contributed by atoms with E-state index >= 15 is 0 Å². The van der Waals surface area contributed by atoms with Crippen molar-refractivity contribution in [3.8, 4) is 0 Å². The first-order chi connectivity index (χ1) is 7.47. The van der Waals surface area contributed by atoms with E-state index < -0.39 is 22.9 Å². The molecule has 0 aliphatic carbocycles. The van der Waals surface area contributed by atoms with Gasteiger partial charge in [0.25, 0.3) is 5.78 Å². The third-order valence-electron chi connectivity index (χ3n) is 1.85. The van der Waals surface area contributed by atoms with E-state index in [1.807, 2.05) is 0 Å². The van der Waals surface area contributed by atoms with Gasteiger partial charge in [0.1, 0.15) is 11.2 Å². The molecule has 1 atom stereocenters. The van der Waals surface area contributed by atoms with Crippen LogP contribution in [-0.2, 0) is 14.3 Å². The Morgan fingerprint density at radius 2 is 2.06 bits per heavy atom. The maximum atomic E-state index is 12.8. The molecule has 0 bridgehead atoms. The van der Waals surface area contributed by atoms with Gasteiger partial charge < -0.3 is 4.74 Å². The summed E-state index contributed by atoms with van der Waals surface area (Å²) < 4.78 is 17.1. The molecule has 1 unspecified atom stereocenters. The quantitative estimate of drug-likeness (QED) is 0.479. The first kappa shape index (κ1) is 12.9. The number of carbonyl (C=O) groups excluding carboxylic acids is 2. The molecule has 0 aromatic heterocycles. The van der Waals surface area contributed by atoms with Crippen molar-refractivity contribution < 1.29 is 18.7 Å². The van der Waals surface area contributed by atoms with Crippen molar-refractivity contribution >= 4 is 35.0 Å². The highest BCUT2D eigenvalue weighted by molar-refractivity contribution is 6.47. The van der Waals surface area contributed by atoms with Crippen molar-refractivity contribution in [3.63, 3.8) is 0 Å². The molecule has 0 spiro atoms. The topological polar surface area (TPSA) is 43.4 Å². The van der Waals surface area contributed by atoms with Crippen molar-refractivity contribution in [1.82, 2.24) is 0 Å². The van der Waals surface area contributed by atoms with Gasteiger partial charge in [0.15, 0.2) is 0 Å². The van der Waals surface area contributed by atoms with Gasteiger partial charge in [0.2, 0.25) is 0 Å². The zero-order valence-electron chi connectivity index (χ0n) is 8.17. The monoisotopic (exact) mass is 264 g/mol. The molecule has 0 heterocycles. The van der Waals surface area contributed by atoms with Crippen LogP contribution in [0.2, 0.25) is 5.02 Å². The molecule has 0 saturated carbocycles. The molecule has 0 aliphatic heterocycles. The number of carbonyl (C=O) groups is 2. The van der Waals surface area contributed by atoms with Crippen LogP contribution < -0.4 is 0 Å². The molecule has 0 fully saturated rings. The predicted molar refractivity (Wildman–Crippen MR) is 57.0 cm³/mol. The van der Waals surface area contributed by atoms with Crippen LogP contribution in [-0.4, -0.2) is 18.9 Å². The number of benzene rings is 1. The summed E-state index contributed by atoms with van der Waals surface area (Å²) in [6.07, 6.45) is 0. The van der Waals surface area contributed by atoms with Crippen molar-refractivity contribution in [2.24, 2.45) is 0 Å². The second kappa shape index (κ2) is 5.27. The molecule has 1 aromatic rings. The second-order valence-corrected chi connectivity index (χ2v) is 3.74. The number of ketones is 1. The molecule has 0 radical (unpaired) electrons. The van der Waals surface area contributed by atoms with Crippen LogP contribution in [0.15, 0.2) is 18.2 Å².